The lowest BCUT2D eigenvalue weighted by atomic mass is 9.89. The van der Waals surface area contributed by atoms with Crippen LogP contribution < -0.4 is 10.2 Å². The minimum absolute atomic E-state index is 0.0962. The van der Waals surface area contributed by atoms with Crippen molar-refractivity contribution in [3.05, 3.63) is 33.7 Å². The Bertz CT molecular complexity index is 1020. The van der Waals surface area contributed by atoms with E-state index in [0.717, 1.165) is 0 Å². The fraction of sp³-hybridized carbons (Fsp3) is 0.500. The van der Waals surface area contributed by atoms with Gasteiger partial charge in [-0.1, -0.05) is 0 Å². The largest absolute Gasteiger partial charge is 0.507 e. The van der Waals surface area contributed by atoms with Gasteiger partial charge in [0.2, 0.25) is 0 Å². The Balaban J connectivity index is 1.75. The van der Waals surface area contributed by atoms with Gasteiger partial charge in [-0.15, -0.1) is 0 Å². The molecule has 2 aromatic rings. The zero-order valence-corrected chi connectivity index (χ0v) is 15.9. The Morgan fingerprint density at radius 1 is 1.30 bits per heavy atom. The van der Waals surface area contributed by atoms with Crippen LogP contribution in [0.2, 0.25) is 0 Å². The van der Waals surface area contributed by atoms with Gasteiger partial charge in [0.05, 0.1) is 6.10 Å². The molecule has 0 amide bonds. The number of hydrogen-bond donors (Lipinski definition) is 1. The lowest BCUT2D eigenvalue weighted by Crippen LogP contribution is -2.50. The van der Waals surface area contributed by atoms with Gasteiger partial charge in [-0.2, -0.15) is 0 Å². The van der Waals surface area contributed by atoms with E-state index in [1.54, 1.807) is 40.7 Å². The van der Waals surface area contributed by atoms with E-state index in [0.29, 0.717) is 17.1 Å². The van der Waals surface area contributed by atoms with Gasteiger partial charge in [0, 0.05) is 24.1 Å². The summed E-state index contributed by atoms with van der Waals surface area (Å²) in [5.74, 6) is 0.194. The molecule has 7 nitrogen and oxygen atoms in total. The van der Waals surface area contributed by atoms with E-state index in [2.05, 4.69) is 0 Å². The number of epoxide rings is 1. The number of aryl methyl sites for hydroxylation is 1. The molecule has 2 aliphatic rings. The lowest BCUT2D eigenvalue weighted by molar-refractivity contribution is -0.166. The number of esters is 1. The third-order valence-corrected chi connectivity index (χ3v) is 5.51. The van der Waals surface area contributed by atoms with E-state index in [1.165, 1.54) is 6.07 Å². The van der Waals surface area contributed by atoms with Crippen molar-refractivity contribution in [2.45, 2.75) is 64.4 Å². The molecule has 2 aliphatic heterocycles. The van der Waals surface area contributed by atoms with Gasteiger partial charge in [-0.3, -0.25) is 4.79 Å². The number of carbonyl (C=O) groups is 1. The Labute approximate surface area is 155 Å². The summed E-state index contributed by atoms with van der Waals surface area (Å²) in [6.07, 6.45) is -0.630. The molecule has 1 aromatic heterocycles. The molecule has 0 spiro atoms. The molecule has 0 bridgehead atoms. The third kappa shape index (κ3) is 2.68. The number of benzene rings is 1. The van der Waals surface area contributed by atoms with Crippen LogP contribution in [-0.4, -0.2) is 34.5 Å². The predicted molar refractivity (Wildman–Crippen MR) is 96.1 cm³/mol. The molecule has 3 unspecified atom stereocenters. The number of hydrogen-bond acceptors (Lipinski definition) is 7. The number of carbonyl (C=O) groups excluding carboxylic acids is 1. The molecule has 0 aliphatic carbocycles. The van der Waals surface area contributed by atoms with Crippen molar-refractivity contribution in [1.82, 2.24) is 0 Å². The topological polar surface area (TPSA) is 98.5 Å². The van der Waals surface area contributed by atoms with Gasteiger partial charge < -0.3 is 23.7 Å². The molecule has 3 heterocycles. The molecule has 1 N–H and O–H groups in total. The van der Waals surface area contributed by atoms with Crippen LogP contribution in [0.1, 0.15) is 39.0 Å². The molecular formula is C20H22O7. The molecule has 1 saturated heterocycles. The monoisotopic (exact) mass is 374 g/mol. The van der Waals surface area contributed by atoms with Crippen LogP contribution in [0.25, 0.3) is 11.0 Å². The minimum atomic E-state index is -0.944. The first kappa shape index (κ1) is 17.9. The quantitative estimate of drug-likeness (QED) is 0.637. The first-order valence-electron chi connectivity index (χ1n) is 8.90. The molecule has 4 rings (SSSR count). The van der Waals surface area contributed by atoms with Crippen molar-refractivity contribution in [2.75, 3.05) is 0 Å². The molecule has 7 heteroatoms. The standard InChI is InChI=1S/C20H22O7/c1-9-6-12(21)16-14(24-9)8-13-11(17(16)22)7-15(19(3,4)27-13)25-18(23)20(5)10(2)26-20/h6,8,10,15,22H,7H2,1-5H3. The first-order valence-corrected chi connectivity index (χ1v) is 8.90. The molecule has 0 saturated carbocycles. The van der Waals surface area contributed by atoms with E-state index in [1.807, 2.05) is 0 Å². The summed E-state index contributed by atoms with van der Waals surface area (Å²) >= 11 is 0. The van der Waals surface area contributed by atoms with Crippen LogP contribution in [0.15, 0.2) is 21.3 Å². The molecule has 3 atom stereocenters. The number of aromatic hydroxyl groups is 1. The van der Waals surface area contributed by atoms with Crippen molar-refractivity contribution < 1.29 is 28.5 Å². The number of fused-ring (bicyclic) bond motifs is 2. The van der Waals surface area contributed by atoms with Crippen molar-refractivity contribution >= 4 is 16.9 Å². The summed E-state index contributed by atoms with van der Waals surface area (Å²) in [7, 11) is 0. The molecule has 27 heavy (non-hydrogen) atoms. The lowest BCUT2D eigenvalue weighted by Gasteiger charge is -2.39. The number of phenols is 1. The molecule has 1 aromatic carbocycles. The summed E-state index contributed by atoms with van der Waals surface area (Å²) in [4.78, 5) is 24.8. The highest BCUT2D eigenvalue weighted by Gasteiger charge is 2.58. The van der Waals surface area contributed by atoms with Crippen LogP contribution in [0.5, 0.6) is 11.5 Å². The van der Waals surface area contributed by atoms with Crippen LogP contribution in [0.4, 0.5) is 0 Å². The summed E-state index contributed by atoms with van der Waals surface area (Å²) in [5, 5.41) is 10.8. The summed E-state index contributed by atoms with van der Waals surface area (Å²) in [5.41, 5.74) is -1.43. The second kappa shape index (κ2) is 5.48. The Hall–Kier alpha value is -2.54. The van der Waals surface area contributed by atoms with Crippen LogP contribution in [0.3, 0.4) is 0 Å². The predicted octanol–water partition coefficient (Wildman–Crippen LogP) is 2.61. The summed E-state index contributed by atoms with van der Waals surface area (Å²) in [6.45, 7) is 8.77. The van der Waals surface area contributed by atoms with Crippen LogP contribution in [-0.2, 0) is 20.7 Å². The minimum Gasteiger partial charge on any atom is -0.507 e. The fourth-order valence-electron chi connectivity index (χ4n) is 3.49. The molecule has 144 valence electrons. The van der Waals surface area contributed by atoms with E-state index in [4.69, 9.17) is 18.6 Å². The Morgan fingerprint density at radius 3 is 2.59 bits per heavy atom. The second-order valence-electron chi connectivity index (χ2n) is 7.97. The summed E-state index contributed by atoms with van der Waals surface area (Å²) in [6, 6.07) is 2.93. The summed E-state index contributed by atoms with van der Waals surface area (Å²) < 4.78 is 22.6. The zero-order valence-electron chi connectivity index (χ0n) is 15.9. The average molecular weight is 374 g/mol. The highest BCUT2D eigenvalue weighted by Crippen LogP contribution is 2.44. The SMILES string of the molecule is Cc1cc(=O)c2c(O)c3c(cc2o1)OC(C)(C)C(OC(=O)C1(C)OC1C)C3. The number of ether oxygens (including phenoxy) is 3. The second-order valence-corrected chi connectivity index (χ2v) is 7.97. The average Bonchev–Trinajstić information content (AvgIpc) is 3.16. The van der Waals surface area contributed by atoms with Crippen molar-refractivity contribution in [3.63, 3.8) is 0 Å². The van der Waals surface area contributed by atoms with Gasteiger partial charge in [-0.25, -0.2) is 4.79 Å². The van der Waals surface area contributed by atoms with Gasteiger partial charge in [0.15, 0.2) is 11.0 Å². The van der Waals surface area contributed by atoms with Crippen molar-refractivity contribution in [2.24, 2.45) is 0 Å². The van der Waals surface area contributed by atoms with Crippen LogP contribution >= 0.6 is 0 Å². The van der Waals surface area contributed by atoms with E-state index < -0.39 is 23.3 Å². The Morgan fingerprint density at radius 2 is 1.96 bits per heavy atom. The maximum Gasteiger partial charge on any atom is 0.341 e. The van der Waals surface area contributed by atoms with Gasteiger partial charge >= 0.3 is 5.97 Å². The smallest absolute Gasteiger partial charge is 0.341 e. The van der Waals surface area contributed by atoms with Crippen molar-refractivity contribution in [3.8, 4) is 11.5 Å². The van der Waals surface area contributed by atoms with E-state index in [9.17, 15) is 14.7 Å². The van der Waals surface area contributed by atoms with E-state index >= 15 is 0 Å². The Kier molecular flexibility index (Phi) is 3.63. The van der Waals surface area contributed by atoms with Gasteiger partial charge in [0.25, 0.3) is 0 Å². The third-order valence-electron chi connectivity index (χ3n) is 5.51. The van der Waals surface area contributed by atoms with Gasteiger partial charge in [0.1, 0.15) is 39.9 Å². The highest BCUT2D eigenvalue weighted by atomic mass is 16.7. The molecule has 0 radical (unpaired) electrons. The molecular weight excluding hydrogens is 352 g/mol. The van der Waals surface area contributed by atoms with Crippen LogP contribution in [0, 0.1) is 6.92 Å². The van der Waals surface area contributed by atoms with E-state index in [-0.39, 0.29) is 34.7 Å². The number of phenolic OH excluding ortho intramolecular Hbond substituents is 1. The van der Waals surface area contributed by atoms with Gasteiger partial charge in [-0.05, 0) is 34.6 Å². The zero-order chi connectivity index (χ0) is 19.7. The van der Waals surface area contributed by atoms with Crippen molar-refractivity contribution in [1.29, 1.82) is 0 Å². The maximum atomic E-state index is 12.5. The fourth-order valence-corrected chi connectivity index (χ4v) is 3.49. The highest BCUT2D eigenvalue weighted by molar-refractivity contribution is 5.87. The maximum absolute atomic E-state index is 12.5. The first-order chi connectivity index (χ1) is 12.5. The normalized spacial score (nSPS) is 28.3. The molecule has 1 fully saturated rings. The number of rotatable bonds is 2.